The highest BCUT2D eigenvalue weighted by Gasteiger charge is 2.57. The third-order valence-corrected chi connectivity index (χ3v) is 2.17. The lowest BCUT2D eigenvalue weighted by Gasteiger charge is -2.18. The summed E-state index contributed by atoms with van der Waals surface area (Å²) in [4.78, 5) is 35.5. The summed E-state index contributed by atoms with van der Waals surface area (Å²) in [5, 5.41) is 39.4. The Hall–Kier alpha value is -2.85. The molecule has 21 heavy (non-hydrogen) atoms. The van der Waals surface area contributed by atoms with E-state index in [9.17, 15) is 44.0 Å². The molecule has 0 unspecified atom stereocenters. The maximum Gasteiger partial charge on any atom is 0.485 e. The molecule has 120 valence electrons. The Kier molecular flexibility index (Phi) is 5.65. The van der Waals surface area contributed by atoms with Gasteiger partial charge in [0.2, 0.25) is 13.2 Å². The van der Waals surface area contributed by atoms with Gasteiger partial charge in [-0.25, -0.2) is 0 Å². The molecular formula is C4H7N5O11S. The van der Waals surface area contributed by atoms with Gasteiger partial charge in [0.1, 0.15) is 9.44 Å². The highest BCUT2D eigenvalue weighted by atomic mass is 32.2. The lowest BCUT2D eigenvalue weighted by atomic mass is 10.2. The summed E-state index contributed by atoms with van der Waals surface area (Å²) in [7, 11) is -4.43. The van der Waals surface area contributed by atoms with Crippen molar-refractivity contribution in [3.8, 4) is 0 Å². The van der Waals surface area contributed by atoms with Gasteiger partial charge < -0.3 is 5.21 Å². The Balaban J connectivity index is 5.77. The van der Waals surface area contributed by atoms with Gasteiger partial charge in [0.05, 0.1) is 6.26 Å². The monoisotopic (exact) mass is 333 g/mol. The Morgan fingerprint density at radius 2 is 1.38 bits per heavy atom. The van der Waals surface area contributed by atoms with Crippen LogP contribution >= 0.6 is 0 Å². The first kappa shape index (κ1) is 18.1. The largest absolute Gasteiger partial charge is 0.593 e. The average Bonchev–Trinajstić information content (AvgIpc) is 2.25. The molecule has 0 fully saturated rings. The zero-order chi connectivity index (χ0) is 16.8. The minimum Gasteiger partial charge on any atom is -0.593 e. The summed E-state index contributed by atoms with van der Waals surface area (Å²) in [6.45, 7) is -3.33. The van der Waals surface area contributed by atoms with Crippen LogP contribution in [-0.2, 0) is 19.7 Å². The molecule has 16 nitrogen and oxygen atoms in total. The van der Waals surface area contributed by atoms with E-state index in [4.69, 9.17) is 0 Å². The minimum absolute atomic E-state index is 0.394. The summed E-state index contributed by atoms with van der Waals surface area (Å²) in [6, 6.07) is 0. The molecule has 0 aromatic carbocycles. The molecule has 17 heteroatoms. The van der Waals surface area contributed by atoms with Crippen LogP contribution in [0.2, 0.25) is 0 Å². The third kappa shape index (κ3) is 5.76. The zero-order valence-electron chi connectivity index (χ0n) is 10.0. The SMILES string of the molecule is CS(=O)(=O)N=[N+]([O-])C(CO[N+](=O)[O-])(CO[N+](=O)[O-])[N+](=O)[O-]. The second kappa shape index (κ2) is 6.54. The van der Waals surface area contributed by atoms with E-state index in [-0.39, 0.29) is 0 Å². The van der Waals surface area contributed by atoms with Crippen molar-refractivity contribution in [3.63, 3.8) is 0 Å². The van der Waals surface area contributed by atoms with Crippen LogP contribution in [0.5, 0.6) is 0 Å². The van der Waals surface area contributed by atoms with Crippen molar-refractivity contribution in [3.05, 3.63) is 35.6 Å². The Morgan fingerprint density at radius 1 is 1.00 bits per heavy atom. The summed E-state index contributed by atoms with van der Waals surface area (Å²) in [6.07, 6.45) is 0.394. The summed E-state index contributed by atoms with van der Waals surface area (Å²) in [5.41, 5.74) is -3.34. The summed E-state index contributed by atoms with van der Waals surface area (Å²) < 4.78 is 24.0. The van der Waals surface area contributed by atoms with Crippen molar-refractivity contribution in [2.24, 2.45) is 4.52 Å². The molecular weight excluding hydrogens is 326 g/mol. The van der Waals surface area contributed by atoms with Crippen molar-refractivity contribution < 1.29 is 38.1 Å². The molecule has 0 saturated carbocycles. The first-order chi connectivity index (χ1) is 9.40. The van der Waals surface area contributed by atoms with Crippen LogP contribution < -0.4 is 0 Å². The second-order valence-corrected chi connectivity index (χ2v) is 4.95. The number of sulfonamides is 1. The molecule has 0 atom stereocenters. The van der Waals surface area contributed by atoms with Gasteiger partial charge in [-0.2, -0.15) is 8.42 Å². The van der Waals surface area contributed by atoms with Crippen LogP contribution in [0.1, 0.15) is 0 Å². The quantitative estimate of drug-likeness (QED) is 0.152. The lowest BCUT2D eigenvalue weighted by Crippen LogP contribution is -2.55. The van der Waals surface area contributed by atoms with E-state index in [2.05, 4.69) is 14.2 Å². The number of hydroxylamine groups is 1. The lowest BCUT2D eigenvalue weighted by molar-refractivity contribution is -0.867. The smallest absolute Gasteiger partial charge is 0.485 e. The number of hydrogen-bond acceptors (Lipinski definition) is 11. The molecule has 0 radical (unpaired) electrons. The van der Waals surface area contributed by atoms with Crippen molar-refractivity contribution in [2.45, 2.75) is 5.66 Å². The number of rotatable bonds is 9. The Morgan fingerprint density at radius 3 is 1.62 bits per heavy atom. The van der Waals surface area contributed by atoms with Gasteiger partial charge in [0, 0.05) is 0 Å². The van der Waals surface area contributed by atoms with Crippen molar-refractivity contribution in [2.75, 3.05) is 19.5 Å². The van der Waals surface area contributed by atoms with E-state index in [0.29, 0.717) is 6.26 Å². The number of nitrogens with zero attached hydrogens (tertiary/aromatic N) is 5. The van der Waals surface area contributed by atoms with E-state index >= 15 is 0 Å². The number of nitro groups is 1. The van der Waals surface area contributed by atoms with Gasteiger partial charge in [-0.3, -0.25) is 19.8 Å². The van der Waals surface area contributed by atoms with Crippen molar-refractivity contribution >= 4 is 10.0 Å². The molecule has 0 rings (SSSR count). The van der Waals surface area contributed by atoms with Crippen LogP contribution in [0.3, 0.4) is 0 Å². The average molecular weight is 333 g/mol. The van der Waals surface area contributed by atoms with Crippen LogP contribution in [0.25, 0.3) is 0 Å². The molecule has 0 amide bonds. The van der Waals surface area contributed by atoms with Crippen LogP contribution in [0.4, 0.5) is 0 Å². The number of hydrogen-bond donors (Lipinski definition) is 0. The van der Waals surface area contributed by atoms with Crippen LogP contribution in [-0.4, -0.2) is 53.5 Å². The third-order valence-electron chi connectivity index (χ3n) is 1.72. The molecule has 0 bridgehead atoms. The maximum absolute atomic E-state index is 11.5. The molecule has 0 heterocycles. The highest BCUT2D eigenvalue weighted by molar-refractivity contribution is 7.89. The topological polar surface area (TPSA) is 220 Å². The van der Waals surface area contributed by atoms with Crippen molar-refractivity contribution in [1.29, 1.82) is 0 Å². The van der Waals surface area contributed by atoms with Crippen molar-refractivity contribution in [1.82, 2.24) is 0 Å². The van der Waals surface area contributed by atoms with Gasteiger partial charge in [-0.1, -0.05) is 0 Å². The van der Waals surface area contributed by atoms with Gasteiger partial charge in [-0.15, -0.1) is 20.2 Å². The van der Waals surface area contributed by atoms with Gasteiger partial charge >= 0.3 is 15.7 Å². The predicted molar refractivity (Wildman–Crippen MR) is 56.5 cm³/mol. The van der Waals surface area contributed by atoms with E-state index < -0.39 is 48.9 Å². The maximum atomic E-state index is 11.5. The second-order valence-electron chi connectivity index (χ2n) is 3.32. The summed E-state index contributed by atoms with van der Waals surface area (Å²) >= 11 is 0. The normalized spacial score (nSPS) is 12.5. The molecule has 0 saturated heterocycles. The van der Waals surface area contributed by atoms with E-state index in [1.807, 2.05) is 0 Å². The summed E-state index contributed by atoms with van der Waals surface area (Å²) in [5.74, 6) is 0. The van der Waals surface area contributed by atoms with Crippen LogP contribution in [0.15, 0.2) is 4.52 Å². The Bertz CT molecular complexity index is 549. The fourth-order valence-electron chi connectivity index (χ4n) is 0.850. The first-order valence-corrected chi connectivity index (χ1v) is 6.35. The molecule has 0 spiro atoms. The van der Waals surface area contributed by atoms with Crippen LogP contribution in [0, 0.1) is 35.6 Å². The van der Waals surface area contributed by atoms with E-state index in [0.717, 1.165) is 0 Å². The van der Waals surface area contributed by atoms with Gasteiger partial charge in [0.25, 0.3) is 10.2 Å². The standard InChI is InChI=1S/C4H7N5O11S/c1-21(17,18)5-6(10)4(7(11)12,2-19-8(13)14)3-20-9(15)16/h2-3H2,1H3. The minimum atomic E-state index is -4.43. The fourth-order valence-corrected chi connectivity index (χ4v) is 1.27. The molecule has 0 aliphatic heterocycles. The molecule has 0 aliphatic carbocycles. The fraction of sp³-hybridized carbons (Fsp3) is 1.00. The predicted octanol–water partition coefficient (Wildman–Crippen LogP) is -1.70. The molecule has 0 aliphatic rings. The zero-order valence-corrected chi connectivity index (χ0v) is 10.9. The molecule has 0 aromatic rings. The van der Waals surface area contributed by atoms with Gasteiger partial charge in [-0.05, 0) is 4.86 Å². The van der Waals surface area contributed by atoms with E-state index in [1.54, 1.807) is 0 Å². The van der Waals surface area contributed by atoms with E-state index in [1.165, 1.54) is 0 Å². The molecule has 0 N–H and O–H groups in total. The van der Waals surface area contributed by atoms with Gasteiger partial charge in [0.15, 0.2) is 0 Å². The Labute approximate surface area is 114 Å². The molecule has 0 aromatic heterocycles. The first-order valence-electron chi connectivity index (χ1n) is 4.50. The highest BCUT2D eigenvalue weighted by Crippen LogP contribution is 2.15.